The number of amides is 1. The van der Waals surface area contributed by atoms with E-state index in [0.717, 1.165) is 11.4 Å². The number of hydrogen-bond acceptors (Lipinski definition) is 9. The van der Waals surface area contributed by atoms with Crippen LogP contribution < -0.4 is 15.4 Å². The van der Waals surface area contributed by atoms with Crippen LogP contribution in [0.2, 0.25) is 0 Å². The van der Waals surface area contributed by atoms with Crippen LogP contribution in [0.3, 0.4) is 0 Å². The Morgan fingerprint density at radius 1 is 1.24 bits per heavy atom. The van der Waals surface area contributed by atoms with Gasteiger partial charge in [0.05, 0.1) is 29.0 Å². The molecule has 2 aromatic carbocycles. The topological polar surface area (TPSA) is 119 Å². The Morgan fingerprint density at radius 3 is 2.69 bits per heavy atom. The molecule has 0 aliphatic heterocycles. The number of carbonyl (C=O) groups is 1. The number of thioether (sulfide) groups is 1. The molecule has 1 amide bonds. The van der Waals surface area contributed by atoms with Crippen LogP contribution in [0, 0.1) is 17.0 Å². The highest BCUT2D eigenvalue weighted by Gasteiger charge is 2.15. The van der Waals surface area contributed by atoms with Gasteiger partial charge in [-0.15, -0.1) is 10.2 Å². The lowest BCUT2D eigenvalue weighted by molar-refractivity contribution is -0.385. The number of carbonyl (C=O) groups excluding carboxylic acids is 1. The summed E-state index contributed by atoms with van der Waals surface area (Å²) in [5.74, 6) is 0.590. The minimum Gasteiger partial charge on any atom is -0.497 e. The van der Waals surface area contributed by atoms with Crippen molar-refractivity contribution in [1.29, 1.82) is 0 Å². The predicted octanol–water partition coefficient (Wildman–Crippen LogP) is 4.24. The second-order valence-electron chi connectivity index (χ2n) is 5.77. The van der Waals surface area contributed by atoms with Crippen LogP contribution in [0.4, 0.5) is 22.2 Å². The number of rotatable bonds is 8. The Balaban J connectivity index is 1.54. The van der Waals surface area contributed by atoms with Crippen LogP contribution in [-0.2, 0) is 4.79 Å². The van der Waals surface area contributed by atoms with E-state index in [0.29, 0.717) is 20.7 Å². The molecule has 2 N–H and O–H groups in total. The van der Waals surface area contributed by atoms with Crippen molar-refractivity contribution in [2.24, 2.45) is 0 Å². The number of aromatic nitrogens is 2. The van der Waals surface area contributed by atoms with Gasteiger partial charge in [-0.25, -0.2) is 0 Å². The lowest BCUT2D eigenvalue weighted by atomic mass is 10.1. The summed E-state index contributed by atoms with van der Waals surface area (Å²) < 4.78 is 5.75. The molecular weight excluding hydrogens is 414 g/mol. The summed E-state index contributed by atoms with van der Waals surface area (Å²) in [6, 6.07) is 12.0. The van der Waals surface area contributed by atoms with Gasteiger partial charge in [-0.3, -0.25) is 14.9 Å². The summed E-state index contributed by atoms with van der Waals surface area (Å²) in [5.41, 5.74) is 1.65. The highest BCUT2D eigenvalue weighted by Crippen LogP contribution is 2.29. The largest absolute Gasteiger partial charge is 0.497 e. The molecule has 0 saturated heterocycles. The normalized spacial score (nSPS) is 10.4. The number of anilines is 3. The SMILES string of the molecule is COc1ccc(Nc2nnc(SCC(=O)Nc3cccc([N+](=O)[O-])c3C)s2)cc1. The first kappa shape index (κ1) is 20.6. The van der Waals surface area contributed by atoms with Gasteiger partial charge in [0, 0.05) is 11.8 Å². The first-order valence-electron chi connectivity index (χ1n) is 8.37. The molecule has 9 nitrogen and oxygen atoms in total. The van der Waals surface area contributed by atoms with Gasteiger partial charge in [-0.1, -0.05) is 29.2 Å². The van der Waals surface area contributed by atoms with E-state index >= 15 is 0 Å². The quantitative estimate of drug-likeness (QED) is 0.309. The van der Waals surface area contributed by atoms with Gasteiger partial charge in [0.15, 0.2) is 4.34 Å². The second-order valence-corrected chi connectivity index (χ2v) is 7.97. The van der Waals surface area contributed by atoms with Crippen molar-refractivity contribution in [3.05, 3.63) is 58.1 Å². The van der Waals surface area contributed by atoms with Crippen LogP contribution in [0.1, 0.15) is 5.56 Å². The molecule has 0 atom stereocenters. The Hall–Kier alpha value is -3.18. The zero-order valence-corrected chi connectivity index (χ0v) is 17.2. The van der Waals surface area contributed by atoms with Crippen LogP contribution in [0.25, 0.3) is 0 Å². The molecule has 0 bridgehead atoms. The molecule has 0 radical (unpaired) electrons. The summed E-state index contributed by atoms with van der Waals surface area (Å²) in [4.78, 5) is 22.7. The predicted molar refractivity (Wildman–Crippen MR) is 113 cm³/mol. The number of ether oxygens (including phenoxy) is 1. The van der Waals surface area contributed by atoms with Crippen molar-refractivity contribution in [2.75, 3.05) is 23.5 Å². The molecule has 3 aromatic rings. The Bertz CT molecular complexity index is 1020. The van der Waals surface area contributed by atoms with Crippen LogP contribution in [0.15, 0.2) is 46.8 Å². The lowest BCUT2D eigenvalue weighted by Gasteiger charge is -2.07. The van der Waals surface area contributed by atoms with E-state index in [1.165, 1.54) is 35.2 Å². The van der Waals surface area contributed by atoms with Gasteiger partial charge in [-0.05, 0) is 37.3 Å². The summed E-state index contributed by atoms with van der Waals surface area (Å²) in [6.07, 6.45) is 0. The van der Waals surface area contributed by atoms with Crippen LogP contribution in [-0.4, -0.2) is 33.9 Å². The Labute approximate surface area is 174 Å². The fraction of sp³-hybridized carbons (Fsp3) is 0.167. The molecule has 0 fully saturated rings. The maximum absolute atomic E-state index is 12.2. The van der Waals surface area contributed by atoms with Gasteiger partial charge in [-0.2, -0.15) is 0 Å². The molecule has 29 heavy (non-hydrogen) atoms. The number of methoxy groups -OCH3 is 1. The summed E-state index contributed by atoms with van der Waals surface area (Å²) in [6.45, 7) is 1.60. The third kappa shape index (κ3) is 5.42. The molecule has 1 aromatic heterocycles. The van der Waals surface area contributed by atoms with Gasteiger partial charge < -0.3 is 15.4 Å². The van der Waals surface area contributed by atoms with E-state index in [2.05, 4.69) is 20.8 Å². The molecule has 3 rings (SSSR count). The molecule has 1 heterocycles. The standard InChI is InChI=1S/C18H17N5O4S2/c1-11-14(4-3-5-15(11)23(25)26)20-16(24)10-28-18-22-21-17(29-18)19-12-6-8-13(27-2)9-7-12/h3-9H,10H2,1-2H3,(H,19,21)(H,20,24). The van der Waals surface area contributed by atoms with E-state index in [1.54, 1.807) is 20.1 Å². The first-order valence-corrected chi connectivity index (χ1v) is 10.2. The van der Waals surface area contributed by atoms with Crippen molar-refractivity contribution >= 4 is 51.2 Å². The fourth-order valence-corrected chi connectivity index (χ4v) is 3.96. The van der Waals surface area contributed by atoms with E-state index < -0.39 is 4.92 Å². The number of nitrogens with zero attached hydrogens (tertiary/aromatic N) is 3. The van der Waals surface area contributed by atoms with Gasteiger partial charge >= 0.3 is 0 Å². The lowest BCUT2D eigenvalue weighted by Crippen LogP contribution is -2.15. The zero-order chi connectivity index (χ0) is 20.8. The molecule has 0 aliphatic rings. The molecule has 0 saturated carbocycles. The fourth-order valence-electron chi connectivity index (χ4n) is 2.39. The monoisotopic (exact) mass is 431 g/mol. The molecule has 0 unspecified atom stereocenters. The van der Waals surface area contributed by atoms with Crippen molar-refractivity contribution in [1.82, 2.24) is 10.2 Å². The number of nitro benzene ring substituents is 1. The number of benzene rings is 2. The molecule has 0 spiro atoms. The highest BCUT2D eigenvalue weighted by atomic mass is 32.2. The Kier molecular flexibility index (Phi) is 6.62. The smallest absolute Gasteiger partial charge is 0.274 e. The maximum Gasteiger partial charge on any atom is 0.274 e. The summed E-state index contributed by atoms with van der Waals surface area (Å²) in [5, 5.41) is 25.6. The van der Waals surface area contributed by atoms with Crippen molar-refractivity contribution in [2.45, 2.75) is 11.3 Å². The van der Waals surface area contributed by atoms with Crippen molar-refractivity contribution in [3.63, 3.8) is 0 Å². The first-order chi connectivity index (χ1) is 14.0. The highest BCUT2D eigenvalue weighted by molar-refractivity contribution is 8.01. The average Bonchev–Trinajstić information content (AvgIpc) is 3.16. The van der Waals surface area contributed by atoms with E-state index in [9.17, 15) is 14.9 Å². The van der Waals surface area contributed by atoms with Crippen LogP contribution >= 0.6 is 23.1 Å². The third-order valence-electron chi connectivity index (χ3n) is 3.85. The minimum absolute atomic E-state index is 0.0335. The Morgan fingerprint density at radius 2 is 2.00 bits per heavy atom. The van der Waals surface area contributed by atoms with Gasteiger partial charge in [0.2, 0.25) is 11.0 Å². The summed E-state index contributed by atoms with van der Waals surface area (Å²) >= 11 is 2.57. The van der Waals surface area contributed by atoms with E-state index in [-0.39, 0.29) is 17.3 Å². The molecular formula is C18H17N5O4S2. The van der Waals surface area contributed by atoms with Crippen LogP contribution in [0.5, 0.6) is 5.75 Å². The minimum atomic E-state index is -0.474. The van der Waals surface area contributed by atoms with E-state index in [4.69, 9.17) is 4.74 Å². The number of hydrogen-bond donors (Lipinski definition) is 2. The third-order valence-corrected chi connectivity index (χ3v) is 5.82. The van der Waals surface area contributed by atoms with Gasteiger partial charge in [0.1, 0.15) is 5.75 Å². The zero-order valence-electron chi connectivity index (χ0n) is 15.5. The average molecular weight is 431 g/mol. The molecule has 150 valence electrons. The maximum atomic E-state index is 12.2. The number of nitro groups is 1. The summed E-state index contributed by atoms with van der Waals surface area (Å²) in [7, 11) is 1.60. The van der Waals surface area contributed by atoms with E-state index in [1.807, 2.05) is 24.3 Å². The molecule has 0 aliphatic carbocycles. The molecule has 11 heteroatoms. The number of nitrogens with one attached hydrogen (secondary N) is 2. The second kappa shape index (κ2) is 9.34. The van der Waals surface area contributed by atoms with Gasteiger partial charge in [0.25, 0.3) is 5.69 Å². The van der Waals surface area contributed by atoms with Crippen molar-refractivity contribution < 1.29 is 14.5 Å². The van der Waals surface area contributed by atoms with Crippen molar-refractivity contribution in [3.8, 4) is 5.75 Å².